The summed E-state index contributed by atoms with van der Waals surface area (Å²) in [6.45, 7) is 1.92. The topological polar surface area (TPSA) is 104 Å². The standard InChI is InChI=1S/C19H21N3O4/c1-10-7-8-13-12(9-10)14(16(23)20-11-5-3-2-4-6-11)15-17(24)21-19(25)22-18(15)26-13/h7-9,11,14H,2-6H2,1H3,(H,20,23)(H2,21,22,24,25). The highest BCUT2D eigenvalue weighted by atomic mass is 16.5. The van der Waals surface area contributed by atoms with Crippen LogP contribution >= 0.6 is 0 Å². The fourth-order valence-corrected chi connectivity index (χ4v) is 3.87. The minimum absolute atomic E-state index is 0.0406. The summed E-state index contributed by atoms with van der Waals surface area (Å²) in [6, 6.07) is 5.60. The van der Waals surface area contributed by atoms with Crippen LogP contribution in [0.1, 0.15) is 54.7 Å². The molecule has 0 spiro atoms. The minimum atomic E-state index is -0.809. The molecule has 1 aromatic carbocycles. The molecular weight excluding hydrogens is 334 g/mol. The molecule has 0 bridgehead atoms. The Balaban J connectivity index is 1.79. The van der Waals surface area contributed by atoms with Crippen molar-refractivity contribution in [1.82, 2.24) is 15.3 Å². The van der Waals surface area contributed by atoms with Crippen molar-refractivity contribution >= 4 is 5.91 Å². The van der Waals surface area contributed by atoms with E-state index < -0.39 is 17.2 Å². The maximum Gasteiger partial charge on any atom is 0.328 e. The zero-order chi connectivity index (χ0) is 18.3. The van der Waals surface area contributed by atoms with Crippen LogP contribution in [0.15, 0.2) is 27.8 Å². The molecule has 7 heteroatoms. The van der Waals surface area contributed by atoms with Gasteiger partial charge in [-0.05, 0) is 25.8 Å². The van der Waals surface area contributed by atoms with Crippen LogP contribution in [0.3, 0.4) is 0 Å². The van der Waals surface area contributed by atoms with E-state index >= 15 is 0 Å². The molecule has 26 heavy (non-hydrogen) atoms. The molecule has 1 aliphatic carbocycles. The van der Waals surface area contributed by atoms with Crippen LogP contribution in [0.5, 0.6) is 11.6 Å². The van der Waals surface area contributed by atoms with Crippen LogP contribution in [-0.2, 0) is 4.79 Å². The van der Waals surface area contributed by atoms with E-state index in [0.717, 1.165) is 31.2 Å². The van der Waals surface area contributed by atoms with Gasteiger partial charge in [0, 0.05) is 11.6 Å². The lowest BCUT2D eigenvalue weighted by Crippen LogP contribution is -2.42. The number of carbonyl (C=O) groups excluding carboxylic acids is 1. The summed E-state index contributed by atoms with van der Waals surface area (Å²) in [5.74, 6) is -0.519. The number of carbonyl (C=O) groups is 1. The Hall–Kier alpha value is -2.83. The monoisotopic (exact) mass is 355 g/mol. The Morgan fingerprint density at radius 3 is 2.69 bits per heavy atom. The molecule has 7 nitrogen and oxygen atoms in total. The first-order valence-corrected chi connectivity index (χ1v) is 8.98. The summed E-state index contributed by atoms with van der Waals surface area (Å²) in [6.07, 6.45) is 5.28. The van der Waals surface area contributed by atoms with Crippen LogP contribution in [0.25, 0.3) is 0 Å². The number of amides is 1. The largest absolute Gasteiger partial charge is 0.440 e. The third kappa shape index (κ3) is 2.94. The van der Waals surface area contributed by atoms with E-state index in [1.54, 1.807) is 6.07 Å². The van der Waals surface area contributed by atoms with Gasteiger partial charge in [-0.15, -0.1) is 0 Å². The number of hydrogen-bond acceptors (Lipinski definition) is 4. The SMILES string of the molecule is Cc1ccc2c(c1)C(C(=O)NC1CCCCC1)c1c([nH]c(=O)[nH]c1=O)O2. The number of ether oxygens (including phenoxy) is 1. The number of aryl methyl sites for hydroxylation is 1. The first kappa shape index (κ1) is 16.6. The third-order valence-electron chi connectivity index (χ3n) is 5.13. The summed E-state index contributed by atoms with van der Waals surface area (Å²) in [5.41, 5.74) is 0.502. The lowest BCUT2D eigenvalue weighted by Gasteiger charge is -2.29. The molecule has 0 radical (unpaired) electrons. The van der Waals surface area contributed by atoms with Gasteiger partial charge in [-0.25, -0.2) is 4.79 Å². The second-order valence-corrected chi connectivity index (χ2v) is 7.07. The van der Waals surface area contributed by atoms with Crippen LogP contribution in [-0.4, -0.2) is 21.9 Å². The molecule has 2 aliphatic rings. The molecule has 2 heterocycles. The highest BCUT2D eigenvalue weighted by molar-refractivity contribution is 5.89. The van der Waals surface area contributed by atoms with E-state index in [-0.39, 0.29) is 23.4 Å². The van der Waals surface area contributed by atoms with Gasteiger partial charge in [0.25, 0.3) is 5.56 Å². The molecule has 1 fully saturated rings. The van der Waals surface area contributed by atoms with Crippen molar-refractivity contribution in [3.05, 3.63) is 55.7 Å². The van der Waals surface area contributed by atoms with Crippen molar-refractivity contribution in [1.29, 1.82) is 0 Å². The van der Waals surface area contributed by atoms with Crippen molar-refractivity contribution in [2.75, 3.05) is 0 Å². The molecule has 1 amide bonds. The maximum atomic E-state index is 13.1. The Morgan fingerprint density at radius 1 is 1.15 bits per heavy atom. The number of aromatic nitrogens is 2. The van der Waals surface area contributed by atoms with Crippen molar-refractivity contribution < 1.29 is 9.53 Å². The Morgan fingerprint density at radius 2 is 1.92 bits per heavy atom. The molecule has 1 aliphatic heterocycles. The molecule has 1 unspecified atom stereocenters. The Kier molecular flexibility index (Phi) is 4.14. The van der Waals surface area contributed by atoms with E-state index in [2.05, 4.69) is 15.3 Å². The van der Waals surface area contributed by atoms with Crippen molar-refractivity contribution in [3.63, 3.8) is 0 Å². The number of fused-ring (bicyclic) bond motifs is 2. The predicted molar refractivity (Wildman–Crippen MR) is 95.8 cm³/mol. The third-order valence-corrected chi connectivity index (χ3v) is 5.13. The number of hydrogen-bond donors (Lipinski definition) is 3. The molecule has 136 valence electrons. The van der Waals surface area contributed by atoms with Crippen LogP contribution in [0, 0.1) is 6.92 Å². The summed E-state index contributed by atoms with van der Waals surface area (Å²) in [4.78, 5) is 41.9. The van der Waals surface area contributed by atoms with Gasteiger partial charge in [0.1, 0.15) is 11.7 Å². The van der Waals surface area contributed by atoms with Gasteiger partial charge in [0.15, 0.2) is 0 Å². The Bertz CT molecular complexity index is 969. The van der Waals surface area contributed by atoms with Gasteiger partial charge in [-0.3, -0.25) is 19.6 Å². The highest BCUT2D eigenvalue weighted by Gasteiger charge is 2.37. The van der Waals surface area contributed by atoms with Crippen molar-refractivity contribution in [3.8, 4) is 11.6 Å². The van der Waals surface area contributed by atoms with E-state index in [0.29, 0.717) is 11.3 Å². The smallest absolute Gasteiger partial charge is 0.328 e. The second-order valence-electron chi connectivity index (χ2n) is 7.07. The molecule has 1 saturated carbocycles. The van der Waals surface area contributed by atoms with Crippen LogP contribution < -0.4 is 21.3 Å². The quantitative estimate of drug-likeness (QED) is 0.767. The van der Waals surface area contributed by atoms with E-state index in [1.807, 2.05) is 19.1 Å². The minimum Gasteiger partial charge on any atom is -0.440 e. The molecule has 0 saturated heterocycles. The van der Waals surface area contributed by atoms with E-state index in [1.165, 1.54) is 6.42 Å². The molecule has 2 aromatic rings. The summed E-state index contributed by atoms with van der Waals surface area (Å²) in [7, 11) is 0. The second kappa shape index (κ2) is 6.48. The van der Waals surface area contributed by atoms with Gasteiger partial charge >= 0.3 is 5.69 Å². The van der Waals surface area contributed by atoms with Gasteiger partial charge in [0.2, 0.25) is 11.8 Å². The number of nitrogens with one attached hydrogen (secondary N) is 3. The summed E-state index contributed by atoms with van der Waals surface area (Å²) in [5, 5.41) is 3.09. The van der Waals surface area contributed by atoms with Crippen LogP contribution in [0.2, 0.25) is 0 Å². The zero-order valence-electron chi connectivity index (χ0n) is 14.6. The van der Waals surface area contributed by atoms with E-state index in [9.17, 15) is 14.4 Å². The fraction of sp³-hybridized carbons (Fsp3) is 0.421. The van der Waals surface area contributed by atoms with Gasteiger partial charge < -0.3 is 10.1 Å². The average molecular weight is 355 g/mol. The summed E-state index contributed by atoms with van der Waals surface area (Å²) < 4.78 is 5.71. The molecule has 4 rings (SSSR count). The first-order chi connectivity index (χ1) is 12.5. The number of benzene rings is 1. The van der Waals surface area contributed by atoms with Crippen molar-refractivity contribution in [2.45, 2.75) is 51.0 Å². The zero-order valence-corrected chi connectivity index (χ0v) is 14.6. The van der Waals surface area contributed by atoms with Crippen molar-refractivity contribution in [2.24, 2.45) is 0 Å². The average Bonchev–Trinajstić information content (AvgIpc) is 2.60. The summed E-state index contributed by atoms with van der Waals surface area (Å²) >= 11 is 0. The van der Waals surface area contributed by atoms with Gasteiger partial charge in [-0.1, -0.05) is 37.0 Å². The lowest BCUT2D eigenvalue weighted by molar-refractivity contribution is -0.122. The molecule has 1 atom stereocenters. The Labute approximate surface area is 149 Å². The van der Waals surface area contributed by atoms with Gasteiger partial charge in [-0.2, -0.15) is 0 Å². The van der Waals surface area contributed by atoms with Gasteiger partial charge in [0.05, 0.1) is 5.56 Å². The predicted octanol–water partition coefficient (Wildman–Crippen LogP) is 2.06. The lowest BCUT2D eigenvalue weighted by atomic mass is 9.87. The maximum absolute atomic E-state index is 13.1. The molecular formula is C19H21N3O4. The number of rotatable bonds is 2. The molecule has 1 aromatic heterocycles. The van der Waals surface area contributed by atoms with E-state index in [4.69, 9.17) is 4.74 Å². The molecule has 3 N–H and O–H groups in total. The van der Waals surface area contributed by atoms with Crippen LogP contribution in [0.4, 0.5) is 0 Å². The first-order valence-electron chi connectivity index (χ1n) is 8.98. The number of H-pyrrole nitrogens is 2. The number of aromatic amines is 2. The fourth-order valence-electron chi connectivity index (χ4n) is 3.87. The normalized spacial score (nSPS) is 19.2. The highest BCUT2D eigenvalue weighted by Crippen LogP contribution is 2.41.